The Bertz CT molecular complexity index is 641. The molecule has 0 aliphatic heterocycles. The van der Waals surface area contributed by atoms with E-state index >= 15 is 0 Å². The van der Waals surface area contributed by atoms with Crippen molar-refractivity contribution in [2.45, 2.75) is 103 Å². The zero-order valence-electron chi connectivity index (χ0n) is 18.2. The summed E-state index contributed by atoms with van der Waals surface area (Å²) in [4.78, 5) is 23.8. The molecule has 0 saturated heterocycles. The van der Waals surface area contributed by atoms with Gasteiger partial charge in [0.25, 0.3) is 0 Å². The fourth-order valence-corrected chi connectivity index (χ4v) is 5.87. The van der Waals surface area contributed by atoms with Crippen molar-refractivity contribution < 1.29 is 18.7 Å². The Hall–Kier alpha value is -1.59. The predicted octanol–water partition coefficient (Wildman–Crippen LogP) is 5.15. The van der Waals surface area contributed by atoms with Crippen LogP contribution in [0, 0.1) is 11.3 Å². The molecule has 4 aliphatic rings. The fraction of sp³-hybridized carbons (Fsp3) is 0.826. The highest BCUT2D eigenvalue weighted by Crippen LogP contribution is 2.65. The number of nitrogens with one attached hydrogen (secondary N) is 2. The standard InChI is InChI=1S/C23H37FN2O3/c1-21(2,3)29-19(27)18(24)10-6-4-5-7-12-25-20(28)26-23-14-17-9-8-11-22(13-17,15-23)16-23/h10,17H,4-9,11-16H2,1-3H3,(H2,25,26,28)/b18-10-. The maximum Gasteiger partial charge on any atom is 0.367 e. The minimum atomic E-state index is -0.903. The van der Waals surface area contributed by atoms with Gasteiger partial charge in [0.15, 0.2) is 0 Å². The normalized spacial score (nSPS) is 30.9. The second-order valence-electron chi connectivity index (χ2n) is 10.6. The summed E-state index contributed by atoms with van der Waals surface area (Å²) in [5.41, 5.74) is -0.0987. The van der Waals surface area contributed by atoms with Crippen molar-refractivity contribution in [3.63, 3.8) is 0 Å². The third-order valence-corrected chi connectivity index (χ3v) is 6.61. The molecule has 0 aromatic heterocycles. The van der Waals surface area contributed by atoms with E-state index in [0.717, 1.165) is 31.6 Å². The van der Waals surface area contributed by atoms with Crippen LogP contribution in [0.25, 0.3) is 0 Å². The van der Waals surface area contributed by atoms with Crippen molar-refractivity contribution in [1.82, 2.24) is 10.6 Å². The van der Waals surface area contributed by atoms with E-state index in [-0.39, 0.29) is 11.6 Å². The third kappa shape index (κ3) is 5.95. The van der Waals surface area contributed by atoms with Gasteiger partial charge in [0, 0.05) is 12.1 Å². The molecule has 3 bridgehead atoms. The summed E-state index contributed by atoms with van der Waals surface area (Å²) in [7, 11) is 0. The van der Waals surface area contributed by atoms with Crippen LogP contribution in [-0.2, 0) is 9.53 Å². The van der Waals surface area contributed by atoms with Gasteiger partial charge in [0.2, 0.25) is 5.83 Å². The van der Waals surface area contributed by atoms with Gasteiger partial charge in [-0.15, -0.1) is 0 Å². The Kier molecular flexibility index (Phi) is 6.59. The van der Waals surface area contributed by atoms with Crippen LogP contribution in [0.4, 0.5) is 9.18 Å². The zero-order chi connectivity index (χ0) is 21.1. The maximum atomic E-state index is 13.7. The van der Waals surface area contributed by atoms with Gasteiger partial charge in [-0.25, -0.2) is 9.59 Å². The molecular weight excluding hydrogens is 371 g/mol. The lowest BCUT2D eigenvalue weighted by Crippen LogP contribution is -2.68. The number of carbonyl (C=O) groups excluding carboxylic acids is 2. The second kappa shape index (κ2) is 8.65. The first-order chi connectivity index (χ1) is 13.6. The van der Waals surface area contributed by atoms with Gasteiger partial charge in [-0.1, -0.05) is 19.3 Å². The summed E-state index contributed by atoms with van der Waals surface area (Å²) in [5, 5.41) is 6.25. The number of halogens is 1. The van der Waals surface area contributed by atoms with Gasteiger partial charge >= 0.3 is 12.0 Å². The van der Waals surface area contributed by atoms with Crippen LogP contribution in [0.3, 0.4) is 0 Å². The predicted molar refractivity (Wildman–Crippen MR) is 111 cm³/mol. The van der Waals surface area contributed by atoms with E-state index in [4.69, 9.17) is 4.74 Å². The van der Waals surface area contributed by atoms with Gasteiger partial charge < -0.3 is 15.4 Å². The molecule has 4 aliphatic carbocycles. The highest BCUT2D eigenvalue weighted by atomic mass is 19.1. The third-order valence-electron chi connectivity index (χ3n) is 6.61. The molecule has 4 rings (SSSR count). The van der Waals surface area contributed by atoms with Gasteiger partial charge in [-0.2, -0.15) is 4.39 Å². The molecule has 0 heterocycles. The van der Waals surface area contributed by atoms with Crippen LogP contribution in [0.1, 0.15) is 91.4 Å². The molecule has 4 saturated carbocycles. The molecule has 29 heavy (non-hydrogen) atoms. The second-order valence-corrected chi connectivity index (χ2v) is 10.6. The Labute approximate surface area is 174 Å². The highest BCUT2D eigenvalue weighted by Gasteiger charge is 2.61. The van der Waals surface area contributed by atoms with E-state index in [1.54, 1.807) is 20.8 Å². The van der Waals surface area contributed by atoms with Crippen LogP contribution in [-0.4, -0.2) is 29.7 Å². The number of esters is 1. The number of urea groups is 1. The van der Waals surface area contributed by atoms with E-state index in [1.165, 1.54) is 44.6 Å². The molecule has 1 spiro atoms. The molecule has 4 fully saturated rings. The molecular formula is C23H37FN2O3. The van der Waals surface area contributed by atoms with Crippen molar-refractivity contribution in [1.29, 1.82) is 0 Å². The summed E-state index contributed by atoms with van der Waals surface area (Å²) in [6, 6.07) is -0.0457. The smallest absolute Gasteiger partial charge is 0.367 e. The van der Waals surface area contributed by atoms with Crippen molar-refractivity contribution in [2.24, 2.45) is 11.3 Å². The SMILES string of the molecule is CC(C)(C)OC(=O)/C(F)=C/CCCCCNC(=O)NC12CC3CCCC(C3)(C1)C2. The first-order valence-corrected chi connectivity index (χ1v) is 11.3. The molecule has 0 aromatic carbocycles. The molecule has 0 aromatic rings. The van der Waals surface area contributed by atoms with Crippen molar-refractivity contribution in [2.75, 3.05) is 6.54 Å². The van der Waals surface area contributed by atoms with Gasteiger partial charge in [0.1, 0.15) is 5.60 Å². The number of amides is 2. The first kappa shape index (κ1) is 22.1. The number of rotatable bonds is 8. The molecule has 0 radical (unpaired) electrons. The molecule has 1 unspecified atom stereocenters. The van der Waals surface area contributed by atoms with E-state index in [1.807, 2.05) is 0 Å². The van der Waals surface area contributed by atoms with Crippen LogP contribution in [0.2, 0.25) is 0 Å². The van der Waals surface area contributed by atoms with Crippen LogP contribution in [0.15, 0.2) is 11.9 Å². The van der Waals surface area contributed by atoms with Gasteiger partial charge in [-0.05, 0) is 89.5 Å². The Morgan fingerprint density at radius 2 is 1.93 bits per heavy atom. The molecule has 2 amide bonds. The topological polar surface area (TPSA) is 67.4 Å². The maximum absolute atomic E-state index is 13.7. The average molecular weight is 409 g/mol. The molecule has 1 atom stereocenters. The summed E-state index contributed by atoms with van der Waals surface area (Å²) < 4.78 is 18.7. The molecule has 2 N–H and O–H groups in total. The number of hydrogen-bond donors (Lipinski definition) is 2. The first-order valence-electron chi connectivity index (χ1n) is 11.3. The van der Waals surface area contributed by atoms with E-state index in [2.05, 4.69) is 10.6 Å². The lowest BCUT2D eigenvalue weighted by atomic mass is 9.43. The minimum Gasteiger partial charge on any atom is -0.455 e. The van der Waals surface area contributed by atoms with Crippen LogP contribution < -0.4 is 10.6 Å². The molecule has 164 valence electrons. The Morgan fingerprint density at radius 1 is 1.17 bits per heavy atom. The van der Waals surface area contributed by atoms with Crippen molar-refractivity contribution >= 4 is 12.0 Å². The minimum absolute atomic E-state index is 0.0457. The highest BCUT2D eigenvalue weighted by molar-refractivity contribution is 5.86. The largest absolute Gasteiger partial charge is 0.455 e. The van der Waals surface area contributed by atoms with Gasteiger partial charge in [-0.3, -0.25) is 0 Å². The zero-order valence-corrected chi connectivity index (χ0v) is 18.2. The number of allylic oxidation sites excluding steroid dienone is 1. The average Bonchev–Trinajstić information content (AvgIpc) is 2.57. The fourth-order valence-electron chi connectivity index (χ4n) is 5.87. The lowest BCUT2D eigenvalue weighted by molar-refractivity contribution is -0.151. The van der Waals surface area contributed by atoms with Crippen LogP contribution >= 0.6 is 0 Å². The number of hydrogen-bond acceptors (Lipinski definition) is 3. The quantitative estimate of drug-likeness (QED) is 0.331. The van der Waals surface area contributed by atoms with E-state index < -0.39 is 17.4 Å². The van der Waals surface area contributed by atoms with Crippen LogP contribution in [0.5, 0.6) is 0 Å². The van der Waals surface area contributed by atoms with Crippen molar-refractivity contribution in [3.8, 4) is 0 Å². The molecule has 5 nitrogen and oxygen atoms in total. The van der Waals surface area contributed by atoms with E-state index in [0.29, 0.717) is 18.4 Å². The van der Waals surface area contributed by atoms with Gasteiger partial charge in [0.05, 0.1) is 0 Å². The number of carbonyl (C=O) groups is 2. The van der Waals surface area contributed by atoms with E-state index in [9.17, 15) is 14.0 Å². The number of ether oxygens (including phenoxy) is 1. The molecule has 6 heteroatoms. The Balaban J connectivity index is 1.25. The summed E-state index contributed by atoms with van der Waals surface area (Å²) in [6.45, 7) is 5.76. The lowest BCUT2D eigenvalue weighted by Gasteiger charge is -2.65. The monoisotopic (exact) mass is 408 g/mol. The Morgan fingerprint density at radius 3 is 2.62 bits per heavy atom. The summed E-state index contributed by atoms with van der Waals surface area (Å²) in [5.74, 6) is -0.923. The van der Waals surface area contributed by atoms with Crippen molar-refractivity contribution in [3.05, 3.63) is 11.9 Å². The summed E-state index contributed by atoms with van der Waals surface area (Å²) >= 11 is 0. The summed E-state index contributed by atoms with van der Waals surface area (Å²) in [6.07, 6.45) is 13.2. The number of unbranched alkanes of at least 4 members (excludes halogenated alkanes) is 3.